The zero-order chi connectivity index (χ0) is 18.1. The summed E-state index contributed by atoms with van der Waals surface area (Å²) in [7, 11) is 0. The molecule has 0 aliphatic rings. The molecule has 0 aromatic heterocycles. The molecule has 5 heteroatoms. The quantitative estimate of drug-likeness (QED) is 0.408. The van der Waals surface area contributed by atoms with Crippen LogP contribution >= 0.6 is 0 Å². The molecule has 0 amide bonds. The number of rotatable bonds is 9. The molecule has 130 valence electrons. The van der Waals surface area contributed by atoms with Crippen LogP contribution in [-0.4, -0.2) is 23.5 Å². The molecule has 0 heterocycles. The van der Waals surface area contributed by atoms with Gasteiger partial charge >= 0.3 is 5.97 Å². The number of carbonyl (C=O) groups is 2. The van der Waals surface area contributed by atoms with E-state index < -0.39 is 5.97 Å². The van der Waals surface area contributed by atoms with Crippen molar-refractivity contribution in [2.24, 2.45) is 0 Å². The predicted octanol–water partition coefficient (Wildman–Crippen LogP) is 4.13. The van der Waals surface area contributed by atoms with Gasteiger partial charge in [0.15, 0.2) is 5.78 Å². The SMILES string of the molecule is CCCCOc1ccccc1N/C(=C/C(=O)c1ccccc1)C(=O)O. The molecule has 2 aromatic carbocycles. The third-order valence-electron chi connectivity index (χ3n) is 3.48. The van der Waals surface area contributed by atoms with Gasteiger partial charge in [0, 0.05) is 11.6 Å². The van der Waals surface area contributed by atoms with Crippen LogP contribution in [0.1, 0.15) is 30.1 Å². The van der Waals surface area contributed by atoms with Gasteiger partial charge in [0.25, 0.3) is 0 Å². The number of anilines is 1. The second kappa shape index (κ2) is 9.27. The molecule has 2 rings (SSSR count). The van der Waals surface area contributed by atoms with Crippen molar-refractivity contribution in [3.63, 3.8) is 0 Å². The number of unbranched alkanes of at least 4 members (excludes halogenated alkanes) is 1. The first kappa shape index (κ1) is 18.3. The van der Waals surface area contributed by atoms with Gasteiger partial charge in [-0.05, 0) is 18.6 Å². The Hall–Kier alpha value is -3.08. The lowest BCUT2D eigenvalue weighted by Gasteiger charge is -2.13. The molecular formula is C20H21NO4. The minimum Gasteiger partial charge on any atom is -0.491 e. The third kappa shape index (κ3) is 5.49. The Labute approximate surface area is 146 Å². The monoisotopic (exact) mass is 339 g/mol. The molecule has 0 radical (unpaired) electrons. The molecule has 0 saturated carbocycles. The minimum atomic E-state index is -1.22. The lowest BCUT2D eigenvalue weighted by atomic mass is 10.1. The number of aliphatic carboxylic acids is 1. The Morgan fingerprint density at radius 1 is 1.08 bits per heavy atom. The number of allylic oxidation sites excluding steroid dienone is 1. The van der Waals surface area contributed by atoms with E-state index in [2.05, 4.69) is 12.2 Å². The van der Waals surface area contributed by atoms with Crippen molar-refractivity contribution in [2.45, 2.75) is 19.8 Å². The molecule has 25 heavy (non-hydrogen) atoms. The number of hydrogen-bond donors (Lipinski definition) is 2. The molecule has 0 unspecified atom stereocenters. The van der Waals surface area contributed by atoms with E-state index >= 15 is 0 Å². The number of carbonyl (C=O) groups excluding carboxylic acids is 1. The highest BCUT2D eigenvalue weighted by Crippen LogP contribution is 2.25. The first-order valence-corrected chi connectivity index (χ1v) is 8.15. The second-order valence-corrected chi connectivity index (χ2v) is 5.42. The highest BCUT2D eigenvalue weighted by Gasteiger charge is 2.13. The Balaban J connectivity index is 2.21. The molecule has 0 spiro atoms. The topological polar surface area (TPSA) is 75.6 Å². The minimum absolute atomic E-state index is 0.208. The molecule has 0 atom stereocenters. The fraction of sp³-hybridized carbons (Fsp3) is 0.200. The van der Waals surface area contributed by atoms with E-state index in [4.69, 9.17) is 4.74 Å². The van der Waals surface area contributed by atoms with Gasteiger partial charge in [0.05, 0.1) is 12.3 Å². The number of carboxylic acid groups (broad SMARTS) is 1. The number of nitrogens with one attached hydrogen (secondary N) is 1. The maximum atomic E-state index is 12.2. The molecular weight excluding hydrogens is 318 g/mol. The van der Waals surface area contributed by atoms with Crippen LogP contribution in [0.15, 0.2) is 66.4 Å². The Morgan fingerprint density at radius 2 is 1.76 bits per heavy atom. The number of carboxylic acids is 1. The van der Waals surface area contributed by atoms with E-state index in [1.165, 1.54) is 0 Å². The summed E-state index contributed by atoms with van der Waals surface area (Å²) in [5, 5.41) is 12.2. The van der Waals surface area contributed by atoms with Gasteiger partial charge in [-0.3, -0.25) is 4.79 Å². The van der Waals surface area contributed by atoms with Crippen molar-refractivity contribution < 1.29 is 19.4 Å². The van der Waals surface area contributed by atoms with Crippen molar-refractivity contribution in [3.8, 4) is 5.75 Å². The average molecular weight is 339 g/mol. The van der Waals surface area contributed by atoms with E-state index in [9.17, 15) is 14.7 Å². The lowest BCUT2D eigenvalue weighted by Crippen LogP contribution is -2.13. The van der Waals surface area contributed by atoms with E-state index in [1.54, 1.807) is 48.5 Å². The maximum absolute atomic E-state index is 12.2. The first-order valence-electron chi connectivity index (χ1n) is 8.15. The fourth-order valence-electron chi connectivity index (χ4n) is 2.14. The summed E-state index contributed by atoms with van der Waals surface area (Å²) >= 11 is 0. The van der Waals surface area contributed by atoms with Crippen molar-refractivity contribution >= 4 is 17.4 Å². The largest absolute Gasteiger partial charge is 0.491 e. The van der Waals surface area contributed by atoms with E-state index in [-0.39, 0.29) is 11.5 Å². The molecule has 0 aliphatic heterocycles. The summed E-state index contributed by atoms with van der Waals surface area (Å²) < 4.78 is 5.68. The van der Waals surface area contributed by atoms with Gasteiger partial charge in [-0.25, -0.2) is 4.79 Å². The molecule has 5 nitrogen and oxygen atoms in total. The summed E-state index contributed by atoms with van der Waals surface area (Å²) in [4.78, 5) is 23.8. The van der Waals surface area contributed by atoms with Crippen molar-refractivity contribution in [1.29, 1.82) is 0 Å². The van der Waals surface area contributed by atoms with E-state index in [0.717, 1.165) is 18.9 Å². The maximum Gasteiger partial charge on any atom is 0.352 e. The molecule has 0 bridgehead atoms. The number of hydrogen-bond acceptors (Lipinski definition) is 4. The van der Waals surface area contributed by atoms with Crippen molar-refractivity contribution in [1.82, 2.24) is 0 Å². The molecule has 2 N–H and O–H groups in total. The van der Waals surface area contributed by atoms with Crippen molar-refractivity contribution in [2.75, 3.05) is 11.9 Å². The summed E-state index contributed by atoms with van der Waals surface area (Å²) in [5.74, 6) is -1.04. The average Bonchev–Trinajstić information content (AvgIpc) is 2.63. The Kier molecular flexibility index (Phi) is 6.77. The summed E-state index contributed by atoms with van der Waals surface area (Å²) in [5.41, 5.74) is 0.726. The van der Waals surface area contributed by atoms with E-state index in [0.29, 0.717) is 23.6 Å². The number of ether oxygens (including phenoxy) is 1. The summed E-state index contributed by atoms with van der Waals surface area (Å²) in [6, 6.07) is 15.6. The van der Waals surface area contributed by atoms with Crippen LogP contribution in [0.25, 0.3) is 0 Å². The number of para-hydroxylation sites is 2. The third-order valence-corrected chi connectivity index (χ3v) is 3.48. The lowest BCUT2D eigenvalue weighted by molar-refractivity contribution is -0.132. The van der Waals surface area contributed by atoms with Crippen LogP contribution in [0.5, 0.6) is 5.75 Å². The highest BCUT2D eigenvalue weighted by atomic mass is 16.5. The van der Waals surface area contributed by atoms with Crippen LogP contribution in [0.2, 0.25) is 0 Å². The zero-order valence-electron chi connectivity index (χ0n) is 14.1. The molecule has 0 aliphatic carbocycles. The number of benzene rings is 2. The van der Waals surface area contributed by atoms with Crippen LogP contribution in [0, 0.1) is 0 Å². The zero-order valence-corrected chi connectivity index (χ0v) is 14.1. The van der Waals surface area contributed by atoms with Gasteiger partial charge < -0.3 is 15.2 Å². The molecule has 2 aromatic rings. The number of ketones is 1. The predicted molar refractivity (Wildman–Crippen MR) is 97.0 cm³/mol. The molecule has 0 fully saturated rings. The van der Waals surface area contributed by atoms with Gasteiger partial charge in [-0.1, -0.05) is 55.8 Å². The summed E-state index contributed by atoms with van der Waals surface area (Å²) in [6.07, 6.45) is 2.99. The Morgan fingerprint density at radius 3 is 2.44 bits per heavy atom. The summed E-state index contributed by atoms with van der Waals surface area (Å²) in [6.45, 7) is 2.61. The van der Waals surface area contributed by atoms with Crippen molar-refractivity contribution in [3.05, 3.63) is 71.9 Å². The van der Waals surface area contributed by atoms with Gasteiger partial charge in [-0.2, -0.15) is 0 Å². The van der Waals surface area contributed by atoms with E-state index in [1.807, 2.05) is 6.07 Å². The second-order valence-electron chi connectivity index (χ2n) is 5.42. The fourth-order valence-corrected chi connectivity index (χ4v) is 2.14. The Bertz CT molecular complexity index is 753. The van der Waals surface area contributed by atoms with Gasteiger partial charge in [-0.15, -0.1) is 0 Å². The van der Waals surface area contributed by atoms with Gasteiger partial charge in [0.2, 0.25) is 0 Å². The first-order chi connectivity index (χ1) is 12.1. The molecule has 0 saturated heterocycles. The standard InChI is InChI=1S/C20H21NO4/c1-2-3-13-25-19-12-8-7-11-16(19)21-17(20(23)24)14-18(22)15-9-5-4-6-10-15/h4-12,14,21H,2-3,13H2,1H3,(H,23,24)/b17-14+. The van der Waals surface area contributed by atoms with Crippen LogP contribution < -0.4 is 10.1 Å². The van der Waals surface area contributed by atoms with Crippen LogP contribution in [0.3, 0.4) is 0 Å². The highest BCUT2D eigenvalue weighted by molar-refractivity contribution is 6.09. The smallest absolute Gasteiger partial charge is 0.352 e. The normalized spacial score (nSPS) is 11.0. The van der Waals surface area contributed by atoms with Crippen LogP contribution in [0.4, 0.5) is 5.69 Å². The van der Waals surface area contributed by atoms with Gasteiger partial charge in [0.1, 0.15) is 11.4 Å². The van der Waals surface area contributed by atoms with Crippen LogP contribution in [-0.2, 0) is 4.79 Å².